The van der Waals surface area contributed by atoms with Gasteiger partial charge < -0.3 is 19.1 Å². The molecule has 1 aliphatic heterocycles. The topological polar surface area (TPSA) is 82.8 Å². The predicted octanol–water partition coefficient (Wildman–Crippen LogP) is 2.29. The van der Waals surface area contributed by atoms with Crippen molar-refractivity contribution >= 4 is 17.6 Å². The normalized spacial score (nSPS) is 14.2. The van der Waals surface area contributed by atoms with E-state index in [1.807, 2.05) is 11.0 Å². The van der Waals surface area contributed by atoms with E-state index in [4.69, 9.17) is 4.42 Å². The van der Waals surface area contributed by atoms with Crippen LogP contribution in [0.5, 0.6) is 0 Å². The summed E-state index contributed by atoms with van der Waals surface area (Å²) >= 11 is 0. The van der Waals surface area contributed by atoms with Crippen LogP contribution in [0.15, 0.2) is 34.9 Å². The minimum atomic E-state index is -0.0939. The van der Waals surface area contributed by atoms with Crippen molar-refractivity contribution in [3.63, 3.8) is 0 Å². The summed E-state index contributed by atoms with van der Waals surface area (Å²) in [5.74, 6) is 0.916. The first-order chi connectivity index (χ1) is 13.6. The Morgan fingerprint density at radius 3 is 2.29 bits per heavy atom. The molecule has 1 saturated heterocycles. The first-order valence-corrected chi connectivity index (χ1v) is 9.84. The Morgan fingerprint density at radius 2 is 1.75 bits per heavy atom. The first kappa shape index (κ1) is 19.9. The molecule has 0 spiro atoms. The molecule has 2 aromatic heterocycles. The van der Waals surface area contributed by atoms with Gasteiger partial charge in [-0.2, -0.15) is 0 Å². The van der Waals surface area contributed by atoms with Gasteiger partial charge in [0.15, 0.2) is 17.3 Å². The summed E-state index contributed by atoms with van der Waals surface area (Å²) in [5.41, 5.74) is 0.372. The largest absolute Gasteiger partial charge is 0.459 e. The Labute approximate surface area is 165 Å². The van der Waals surface area contributed by atoms with Crippen molar-refractivity contribution in [1.82, 2.24) is 20.0 Å². The average molecular weight is 385 g/mol. The summed E-state index contributed by atoms with van der Waals surface area (Å²) in [5, 5.41) is 8.41. The van der Waals surface area contributed by atoms with Crippen molar-refractivity contribution in [3.05, 3.63) is 42.0 Å². The van der Waals surface area contributed by atoms with E-state index < -0.39 is 0 Å². The number of hydrogen-bond donors (Lipinski definition) is 0. The van der Waals surface area contributed by atoms with E-state index >= 15 is 0 Å². The van der Waals surface area contributed by atoms with Crippen LogP contribution in [0, 0.1) is 0 Å². The van der Waals surface area contributed by atoms with E-state index in [1.165, 1.54) is 6.26 Å². The monoisotopic (exact) mass is 385 g/mol. The molecule has 0 atom stereocenters. The maximum absolute atomic E-state index is 12.6. The lowest BCUT2D eigenvalue weighted by Crippen LogP contribution is -2.49. The number of hydrogen-bond acceptors (Lipinski definition) is 6. The van der Waals surface area contributed by atoms with Crippen LogP contribution >= 0.6 is 0 Å². The van der Waals surface area contributed by atoms with Crippen LogP contribution in [0.2, 0.25) is 0 Å². The molecule has 0 aliphatic carbocycles. The molecule has 8 heteroatoms. The molecule has 0 bridgehead atoms. The fraction of sp³-hybridized carbons (Fsp3) is 0.500. The Hall–Kier alpha value is -2.90. The number of carbonyl (C=O) groups is 2. The van der Waals surface area contributed by atoms with E-state index in [-0.39, 0.29) is 11.8 Å². The van der Waals surface area contributed by atoms with Gasteiger partial charge in [-0.05, 0) is 37.1 Å². The summed E-state index contributed by atoms with van der Waals surface area (Å²) in [6.45, 7) is 8.05. The molecule has 0 N–H and O–H groups in total. The number of piperazine rings is 1. The second kappa shape index (κ2) is 9.34. The fourth-order valence-electron chi connectivity index (χ4n) is 3.32. The highest BCUT2D eigenvalue weighted by molar-refractivity contribution is 5.92. The molecule has 0 radical (unpaired) electrons. The van der Waals surface area contributed by atoms with E-state index in [0.29, 0.717) is 37.6 Å². The number of furan rings is 1. The van der Waals surface area contributed by atoms with Gasteiger partial charge in [0.2, 0.25) is 0 Å². The van der Waals surface area contributed by atoms with E-state index in [1.54, 1.807) is 23.1 Å². The van der Waals surface area contributed by atoms with Gasteiger partial charge >= 0.3 is 0 Å². The molecule has 0 aromatic carbocycles. The van der Waals surface area contributed by atoms with Gasteiger partial charge in [0.1, 0.15) is 0 Å². The van der Waals surface area contributed by atoms with E-state index in [9.17, 15) is 9.59 Å². The Kier molecular flexibility index (Phi) is 6.62. The first-order valence-electron chi connectivity index (χ1n) is 9.84. The van der Waals surface area contributed by atoms with Crippen molar-refractivity contribution in [2.75, 3.05) is 44.2 Å². The molecule has 2 aromatic rings. The fourth-order valence-corrected chi connectivity index (χ4v) is 3.32. The lowest BCUT2D eigenvalue weighted by atomic mass is 10.2. The van der Waals surface area contributed by atoms with Crippen molar-refractivity contribution in [2.45, 2.75) is 26.7 Å². The molecular formula is C20H27N5O3. The SMILES string of the molecule is CCCN(CCC)C(=O)c1ccc(N2CCN(C(=O)c3ccco3)CC2)nn1. The standard InChI is InChI=1S/C20H27N5O3/c1-3-9-24(10-4-2)19(26)16-7-8-18(22-21-16)23-11-13-25(14-12-23)20(27)17-6-5-15-28-17/h5-8,15H,3-4,9-14H2,1-2H3. The molecule has 8 nitrogen and oxygen atoms in total. The second-order valence-corrected chi connectivity index (χ2v) is 6.83. The third-order valence-corrected chi connectivity index (χ3v) is 4.77. The molecule has 1 fully saturated rings. The predicted molar refractivity (Wildman–Crippen MR) is 105 cm³/mol. The van der Waals surface area contributed by atoms with Gasteiger partial charge in [0.25, 0.3) is 11.8 Å². The zero-order chi connectivity index (χ0) is 19.9. The number of nitrogens with zero attached hydrogens (tertiary/aromatic N) is 5. The number of amides is 2. The lowest BCUT2D eigenvalue weighted by Gasteiger charge is -2.34. The van der Waals surface area contributed by atoms with Crippen molar-refractivity contribution in [3.8, 4) is 0 Å². The highest BCUT2D eigenvalue weighted by atomic mass is 16.3. The lowest BCUT2D eigenvalue weighted by molar-refractivity contribution is 0.0712. The van der Waals surface area contributed by atoms with Crippen LogP contribution in [0.4, 0.5) is 5.82 Å². The van der Waals surface area contributed by atoms with Crippen molar-refractivity contribution in [2.24, 2.45) is 0 Å². The third-order valence-electron chi connectivity index (χ3n) is 4.77. The number of aromatic nitrogens is 2. The molecule has 0 unspecified atom stereocenters. The highest BCUT2D eigenvalue weighted by Gasteiger charge is 2.25. The summed E-state index contributed by atoms with van der Waals surface area (Å²) in [7, 11) is 0. The summed E-state index contributed by atoms with van der Waals surface area (Å²) in [4.78, 5) is 30.6. The minimum absolute atomic E-state index is 0.0726. The molecule has 28 heavy (non-hydrogen) atoms. The van der Waals surface area contributed by atoms with Crippen LogP contribution in [0.25, 0.3) is 0 Å². The van der Waals surface area contributed by atoms with Gasteiger partial charge in [-0.3, -0.25) is 9.59 Å². The highest BCUT2D eigenvalue weighted by Crippen LogP contribution is 2.15. The second-order valence-electron chi connectivity index (χ2n) is 6.83. The van der Waals surface area contributed by atoms with Crippen LogP contribution in [-0.4, -0.2) is 71.1 Å². The van der Waals surface area contributed by atoms with Crippen LogP contribution in [0.1, 0.15) is 47.7 Å². The van der Waals surface area contributed by atoms with Crippen LogP contribution in [-0.2, 0) is 0 Å². The van der Waals surface area contributed by atoms with Gasteiger partial charge in [-0.15, -0.1) is 10.2 Å². The zero-order valence-corrected chi connectivity index (χ0v) is 16.5. The molecule has 0 saturated carbocycles. The zero-order valence-electron chi connectivity index (χ0n) is 16.5. The summed E-state index contributed by atoms with van der Waals surface area (Å²) in [6.07, 6.45) is 3.33. The molecule has 150 valence electrons. The van der Waals surface area contributed by atoms with E-state index in [0.717, 1.165) is 31.7 Å². The Bertz CT molecular complexity index is 762. The number of rotatable bonds is 7. The van der Waals surface area contributed by atoms with Gasteiger partial charge in [-0.1, -0.05) is 13.8 Å². The number of carbonyl (C=O) groups excluding carboxylic acids is 2. The Morgan fingerprint density at radius 1 is 1.04 bits per heavy atom. The molecule has 2 amide bonds. The maximum Gasteiger partial charge on any atom is 0.289 e. The van der Waals surface area contributed by atoms with Gasteiger partial charge in [0, 0.05) is 39.3 Å². The minimum Gasteiger partial charge on any atom is -0.459 e. The summed E-state index contributed by atoms with van der Waals surface area (Å²) in [6, 6.07) is 6.96. The molecular weight excluding hydrogens is 358 g/mol. The van der Waals surface area contributed by atoms with Crippen molar-refractivity contribution in [1.29, 1.82) is 0 Å². The van der Waals surface area contributed by atoms with Gasteiger partial charge in [-0.25, -0.2) is 0 Å². The third kappa shape index (κ3) is 4.49. The smallest absolute Gasteiger partial charge is 0.289 e. The van der Waals surface area contributed by atoms with Crippen molar-refractivity contribution < 1.29 is 14.0 Å². The van der Waals surface area contributed by atoms with Crippen LogP contribution in [0.3, 0.4) is 0 Å². The molecule has 1 aliphatic rings. The number of anilines is 1. The summed E-state index contributed by atoms with van der Waals surface area (Å²) < 4.78 is 5.19. The average Bonchev–Trinajstić information content (AvgIpc) is 3.28. The Balaban J connectivity index is 1.58. The van der Waals surface area contributed by atoms with E-state index in [2.05, 4.69) is 28.9 Å². The quantitative estimate of drug-likeness (QED) is 0.727. The maximum atomic E-state index is 12.6. The molecule has 3 rings (SSSR count). The van der Waals surface area contributed by atoms with Crippen LogP contribution < -0.4 is 4.90 Å². The van der Waals surface area contributed by atoms with Gasteiger partial charge in [0.05, 0.1) is 6.26 Å². The molecule has 3 heterocycles.